The second kappa shape index (κ2) is 8.53. The van der Waals surface area contributed by atoms with Crippen LogP contribution in [0, 0.1) is 18.7 Å². The van der Waals surface area contributed by atoms with Crippen LogP contribution < -0.4 is 15.2 Å². The molecule has 3 heterocycles. The van der Waals surface area contributed by atoms with E-state index in [1.165, 1.54) is 31.2 Å². The number of nitrogens with zero attached hydrogens (tertiary/aromatic N) is 2. The molecule has 1 fully saturated rings. The number of halogens is 1. The van der Waals surface area contributed by atoms with Crippen LogP contribution >= 0.6 is 0 Å². The van der Waals surface area contributed by atoms with Crippen molar-refractivity contribution in [1.82, 2.24) is 4.57 Å². The third-order valence-corrected chi connectivity index (χ3v) is 8.11. The molecule has 1 aromatic heterocycles. The molecule has 2 bridgehead atoms. The molecule has 5 rings (SSSR count). The number of aromatic carboxylic acids is 1. The fourth-order valence-electron chi connectivity index (χ4n) is 5.11. The molecule has 0 saturated carbocycles. The lowest BCUT2D eigenvalue weighted by molar-refractivity contribution is 0.0697. The first kappa shape index (κ1) is 23.1. The number of hydrogen-bond donors (Lipinski definition) is 2. The molecular weight excluding hydrogens is 473 g/mol. The maximum absolute atomic E-state index is 13.7. The summed E-state index contributed by atoms with van der Waals surface area (Å²) >= 11 is 0. The van der Waals surface area contributed by atoms with Crippen LogP contribution in [0.4, 0.5) is 15.8 Å². The van der Waals surface area contributed by atoms with Gasteiger partial charge in [-0.25, -0.2) is 17.6 Å². The molecule has 8 nitrogen and oxygen atoms in total. The van der Waals surface area contributed by atoms with Crippen molar-refractivity contribution >= 4 is 27.4 Å². The quantitative estimate of drug-likeness (QED) is 0.559. The molecule has 0 aliphatic carbocycles. The number of pyridine rings is 1. The Balaban J connectivity index is 1.52. The van der Waals surface area contributed by atoms with E-state index in [4.69, 9.17) is 0 Å². The van der Waals surface area contributed by atoms with Gasteiger partial charge in [-0.1, -0.05) is 6.07 Å². The summed E-state index contributed by atoms with van der Waals surface area (Å²) in [5.74, 6) is -1.43. The van der Waals surface area contributed by atoms with Gasteiger partial charge < -0.3 is 14.6 Å². The lowest BCUT2D eigenvalue weighted by Gasteiger charge is -2.44. The SMILES string of the molecule is Cc1cc(S(=O)(=O)Nc2cc(C(=O)O)ccc2N2C[C@H]3C[C@@H](C2)c2cccc(=O)n2C3)ccc1F. The zero-order chi connectivity index (χ0) is 24.9. The summed E-state index contributed by atoms with van der Waals surface area (Å²) in [4.78, 5) is 25.9. The van der Waals surface area contributed by atoms with Gasteiger partial charge in [0.15, 0.2) is 0 Å². The van der Waals surface area contributed by atoms with Gasteiger partial charge in [0, 0.05) is 37.3 Å². The molecule has 10 heteroatoms. The van der Waals surface area contributed by atoms with E-state index in [2.05, 4.69) is 4.72 Å². The van der Waals surface area contributed by atoms with Crippen LogP contribution in [0.5, 0.6) is 0 Å². The minimum atomic E-state index is -4.11. The Labute approximate surface area is 201 Å². The summed E-state index contributed by atoms with van der Waals surface area (Å²) in [7, 11) is -4.11. The van der Waals surface area contributed by atoms with Crippen LogP contribution in [-0.4, -0.2) is 37.2 Å². The van der Waals surface area contributed by atoms with Crippen LogP contribution in [-0.2, 0) is 16.6 Å². The van der Waals surface area contributed by atoms with Crippen molar-refractivity contribution in [3.63, 3.8) is 0 Å². The number of carboxylic acid groups (broad SMARTS) is 1. The number of rotatable bonds is 5. The highest BCUT2D eigenvalue weighted by Crippen LogP contribution is 2.39. The molecular formula is C25H24FN3O5S. The molecule has 35 heavy (non-hydrogen) atoms. The van der Waals surface area contributed by atoms with Crippen molar-refractivity contribution < 1.29 is 22.7 Å². The molecule has 182 valence electrons. The Kier molecular flexibility index (Phi) is 5.63. The maximum Gasteiger partial charge on any atom is 0.335 e. The number of piperidine rings is 1. The van der Waals surface area contributed by atoms with Crippen molar-refractivity contribution in [3.05, 3.63) is 87.6 Å². The number of fused-ring (bicyclic) bond motifs is 4. The van der Waals surface area contributed by atoms with Crippen LogP contribution in [0.2, 0.25) is 0 Å². The topological polar surface area (TPSA) is 109 Å². The molecule has 2 aliphatic heterocycles. The van der Waals surface area contributed by atoms with E-state index in [0.29, 0.717) is 25.3 Å². The van der Waals surface area contributed by atoms with E-state index in [1.54, 1.807) is 18.2 Å². The Morgan fingerprint density at radius 1 is 1.09 bits per heavy atom. The highest BCUT2D eigenvalue weighted by molar-refractivity contribution is 7.92. The lowest BCUT2D eigenvalue weighted by atomic mass is 9.83. The molecule has 0 radical (unpaired) electrons. The average molecular weight is 498 g/mol. The van der Waals surface area contributed by atoms with Gasteiger partial charge in [0.25, 0.3) is 15.6 Å². The van der Waals surface area contributed by atoms with Gasteiger partial charge in [-0.3, -0.25) is 9.52 Å². The van der Waals surface area contributed by atoms with Crippen molar-refractivity contribution in [1.29, 1.82) is 0 Å². The number of carboxylic acids is 1. The van der Waals surface area contributed by atoms with E-state index in [-0.39, 0.29) is 39.1 Å². The van der Waals surface area contributed by atoms with Gasteiger partial charge in [-0.05, 0) is 67.3 Å². The summed E-state index contributed by atoms with van der Waals surface area (Å²) in [6.45, 7) is 3.19. The summed E-state index contributed by atoms with van der Waals surface area (Å²) in [5.41, 5.74) is 1.74. The standard InChI is InChI=1S/C25H24FN3O5S/c1-15-9-19(6-7-20(15)26)35(33,34)27-21-11-17(25(31)32)5-8-23(21)28-12-16-10-18(14-28)22-3-2-4-24(30)29(22)13-16/h2-9,11,16,18,27H,10,12-14H2,1H3,(H,31,32)/t16-,18+/m1/s1. The maximum atomic E-state index is 13.7. The Bertz CT molecular complexity index is 1500. The predicted octanol–water partition coefficient (Wildman–Crippen LogP) is 3.42. The van der Waals surface area contributed by atoms with Crippen molar-refractivity contribution in [2.45, 2.75) is 30.7 Å². The van der Waals surface area contributed by atoms with Gasteiger partial charge in [-0.15, -0.1) is 0 Å². The zero-order valence-electron chi connectivity index (χ0n) is 18.9. The number of hydrogen-bond acceptors (Lipinski definition) is 5. The number of carbonyl (C=O) groups is 1. The second-order valence-electron chi connectivity index (χ2n) is 9.16. The number of nitrogens with one attached hydrogen (secondary N) is 1. The molecule has 3 aromatic rings. The third-order valence-electron chi connectivity index (χ3n) is 6.75. The first-order chi connectivity index (χ1) is 16.6. The summed E-state index contributed by atoms with van der Waals surface area (Å²) < 4.78 is 44.3. The van der Waals surface area contributed by atoms with Crippen LogP contribution in [0.25, 0.3) is 0 Å². The first-order valence-corrected chi connectivity index (χ1v) is 12.7. The molecule has 0 spiro atoms. The van der Waals surface area contributed by atoms with Crippen LogP contribution in [0.1, 0.15) is 34.0 Å². The second-order valence-corrected chi connectivity index (χ2v) is 10.8. The van der Waals surface area contributed by atoms with Crippen LogP contribution in [0.15, 0.2) is 64.3 Å². The fourth-order valence-corrected chi connectivity index (χ4v) is 6.26. The van der Waals surface area contributed by atoms with Crippen molar-refractivity contribution in [3.8, 4) is 0 Å². The Morgan fingerprint density at radius 2 is 1.89 bits per heavy atom. The van der Waals surface area contributed by atoms with Crippen molar-refractivity contribution in [2.75, 3.05) is 22.7 Å². The smallest absolute Gasteiger partial charge is 0.335 e. The van der Waals surface area contributed by atoms with Gasteiger partial charge in [0.1, 0.15) is 5.82 Å². The van der Waals surface area contributed by atoms with Gasteiger partial charge in [0.05, 0.1) is 21.8 Å². The highest BCUT2D eigenvalue weighted by Gasteiger charge is 2.35. The Morgan fingerprint density at radius 3 is 2.63 bits per heavy atom. The third kappa shape index (κ3) is 4.29. The van der Waals surface area contributed by atoms with Crippen LogP contribution in [0.3, 0.4) is 0 Å². The van der Waals surface area contributed by atoms with E-state index >= 15 is 0 Å². The molecule has 2 aromatic carbocycles. The molecule has 2 N–H and O–H groups in total. The zero-order valence-corrected chi connectivity index (χ0v) is 19.8. The number of benzene rings is 2. The lowest BCUT2D eigenvalue weighted by Crippen LogP contribution is -2.47. The van der Waals surface area contributed by atoms with Gasteiger partial charge in [-0.2, -0.15) is 0 Å². The predicted molar refractivity (Wildman–Crippen MR) is 129 cm³/mol. The summed E-state index contributed by atoms with van der Waals surface area (Å²) in [6.07, 6.45) is 0.920. The van der Waals surface area contributed by atoms with Gasteiger partial charge in [0.2, 0.25) is 0 Å². The number of sulfonamides is 1. The molecule has 0 amide bonds. The van der Waals surface area contributed by atoms with Crippen molar-refractivity contribution in [2.24, 2.45) is 5.92 Å². The normalized spacial score (nSPS) is 19.2. The van der Waals surface area contributed by atoms with E-state index < -0.39 is 21.8 Å². The highest BCUT2D eigenvalue weighted by atomic mass is 32.2. The molecule has 2 atom stereocenters. The molecule has 0 unspecified atom stereocenters. The summed E-state index contributed by atoms with van der Waals surface area (Å²) in [6, 6.07) is 13.1. The molecule has 1 saturated heterocycles. The largest absolute Gasteiger partial charge is 0.478 e. The summed E-state index contributed by atoms with van der Waals surface area (Å²) in [5, 5.41) is 9.49. The minimum Gasteiger partial charge on any atom is -0.478 e. The number of aryl methyl sites for hydroxylation is 1. The Hall–Kier alpha value is -3.66. The fraction of sp³-hybridized carbons (Fsp3) is 0.280. The average Bonchev–Trinajstić information content (AvgIpc) is 2.81. The van der Waals surface area contributed by atoms with Gasteiger partial charge >= 0.3 is 5.97 Å². The number of aromatic nitrogens is 1. The minimum absolute atomic E-state index is 0.0282. The monoisotopic (exact) mass is 497 g/mol. The first-order valence-electron chi connectivity index (χ1n) is 11.2. The van der Waals surface area contributed by atoms with E-state index in [1.807, 2.05) is 15.5 Å². The molecule has 2 aliphatic rings. The van der Waals surface area contributed by atoms with E-state index in [9.17, 15) is 27.5 Å². The van der Waals surface area contributed by atoms with E-state index in [0.717, 1.165) is 18.2 Å². The number of anilines is 2.